The summed E-state index contributed by atoms with van der Waals surface area (Å²) in [5.74, 6) is -0.160. The van der Waals surface area contributed by atoms with E-state index < -0.39 is 5.97 Å². The summed E-state index contributed by atoms with van der Waals surface area (Å²) in [5.41, 5.74) is 7.62. The van der Waals surface area contributed by atoms with Crippen molar-refractivity contribution in [3.63, 3.8) is 0 Å². The number of methoxy groups -OCH3 is 1. The molecule has 0 aromatic heterocycles. The monoisotopic (exact) mass is 289 g/mol. The van der Waals surface area contributed by atoms with Crippen LogP contribution in [0.4, 0.5) is 10.1 Å². The number of anilines is 1. The van der Waals surface area contributed by atoms with E-state index >= 15 is 0 Å². The van der Waals surface area contributed by atoms with E-state index in [4.69, 9.17) is 10.5 Å². The molecule has 5 heteroatoms. The van der Waals surface area contributed by atoms with Crippen LogP contribution < -0.4 is 10.5 Å². The highest BCUT2D eigenvalue weighted by Gasteiger charge is 2.14. The van der Waals surface area contributed by atoms with E-state index in [9.17, 15) is 9.18 Å². The fourth-order valence-corrected chi connectivity index (χ4v) is 1.88. The van der Waals surface area contributed by atoms with Crippen molar-refractivity contribution in [2.45, 2.75) is 13.8 Å². The molecule has 0 bridgehead atoms. The summed E-state index contributed by atoms with van der Waals surface area (Å²) in [6, 6.07) is 7.72. The number of rotatable bonds is 3. The molecule has 110 valence electrons. The Balaban J connectivity index is 2.38. The molecule has 2 aromatic carbocycles. The van der Waals surface area contributed by atoms with Crippen molar-refractivity contribution >= 4 is 11.7 Å². The van der Waals surface area contributed by atoms with Crippen molar-refractivity contribution in [2.75, 3.05) is 12.8 Å². The van der Waals surface area contributed by atoms with Crippen LogP contribution in [0.15, 0.2) is 30.3 Å². The maximum atomic E-state index is 13.5. The third-order valence-corrected chi connectivity index (χ3v) is 3.14. The zero-order chi connectivity index (χ0) is 15.6. The Hall–Kier alpha value is -2.56. The minimum absolute atomic E-state index is 0.222. The molecule has 0 aliphatic rings. The van der Waals surface area contributed by atoms with E-state index in [0.29, 0.717) is 28.3 Å². The Bertz CT molecular complexity index is 698. The van der Waals surface area contributed by atoms with Crippen molar-refractivity contribution in [1.29, 1.82) is 0 Å². The molecule has 0 saturated heterocycles. The maximum absolute atomic E-state index is 13.5. The van der Waals surface area contributed by atoms with E-state index in [1.807, 2.05) is 0 Å². The number of aryl methyl sites for hydroxylation is 2. The van der Waals surface area contributed by atoms with Crippen LogP contribution in [0.5, 0.6) is 11.5 Å². The summed E-state index contributed by atoms with van der Waals surface area (Å²) < 4.78 is 23.8. The third kappa shape index (κ3) is 3.13. The van der Waals surface area contributed by atoms with Crippen molar-refractivity contribution in [2.24, 2.45) is 0 Å². The number of hydrogen-bond donors (Lipinski definition) is 1. The van der Waals surface area contributed by atoms with Gasteiger partial charge in [0, 0.05) is 11.8 Å². The molecule has 0 saturated carbocycles. The van der Waals surface area contributed by atoms with Gasteiger partial charge < -0.3 is 15.2 Å². The van der Waals surface area contributed by atoms with Crippen LogP contribution in [0, 0.1) is 19.7 Å². The van der Waals surface area contributed by atoms with Gasteiger partial charge in [-0.25, -0.2) is 9.18 Å². The summed E-state index contributed by atoms with van der Waals surface area (Å²) in [6.07, 6.45) is 0. The average Bonchev–Trinajstić information content (AvgIpc) is 2.45. The maximum Gasteiger partial charge on any atom is 0.340 e. The number of carbonyl (C=O) groups excluding carboxylic acids is 1. The van der Waals surface area contributed by atoms with Gasteiger partial charge in [0.15, 0.2) is 0 Å². The first-order valence-electron chi connectivity index (χ1n) is 6.35. The van der Waals surface area contributed by atoms with Gasteiger partial charge >= 0.3 is 5.97 Å². The van der Waals surface area contributed by atoms with Crippen LogP contribution >= 0.6 is 0 Å². The van der Waals surface area contributed by atoms with Gasteiger partial charge in [0.25, 0.3) is 0 Å². The topological polar surface area (TPSA) is 61.5 Å². The lowest BCUT2D eigenvalue weighted by Crippen LogP contribution is -2.07. The van der Waals surface area contributed by atoms with Gasteiger partial charge in [-0.2, -0.15) is 0 Å². The van der Waals surface area contributed by atoms with E-state index in [-0.39, 0.29) is 11.4 Å². The van der Waals surface area contributed by atoms with Crippen LogP contribution in [0.1, 0.15) is 21.5 Å². The molecular formula is C16H16FNO3. The number of nitrogen functional groups attached to an aromatic ring is 1. The fourth-order valence-electron chi connectivity index (χ4n) is 1.88. The number of benzene rings is 2. The first-order chi connectivity index (χ1) is 9.92. The number of ether oxygens (including phenoxy) is 2. The molecule has 0 aliphatic carbocycles. The highest BCUT2D eigenvalue weighted by atomic mass is 19.1. The Labute approximate surface area is 122 Å². The second-order valence-corrected chi connectivity index (χ2v) is 4.71. The normalized spacial score (nSPS) is 10.3. The fraction of sp³-hybridized carbons (Fsp3) is 0.188. The molecule has 0 unspecified atom stereocenters. The van der Waals surface area contributed by atoms with Gasteiger partial charge in [0.2, 0.25) is 0 Å². The van der Waals surface area contributed by atoms with Crippen LogP contribution in [-0.2, 0) is 4.74 Å². The summed E-state index contributed by atoms with van der Waals surface area (Å²) >= 11 is 0. The molecule has 2 aromatic rings. The van der Waals surface area contributed by atoms with Gasteiger partial charge in [-0.3, -0.25) is 0 Å². The third-order valence-electron chi connectivity index (χ3n) is 3.14. The number of halogens is 1. The quantitative estimate of drug-likeness (QED) is 0.692. The molecular weight excluding hydrogens is 273 g/mol. The Morgan fingerprint density at radius 2 is 1.81 bits per heavy atom. The van der Waals surface area contributed by atoms with Gasteiger partial charge in [0.05, 0.1) is 12.7 Å². The molecule has 4 nitrogen and oxygen atoms in total. The molecule has 2 N–H and O–H groups in total. The van der Waals surface area contributed by atoms with Crippen LogP contribution in [0.25, 0.3) is 0 Å². The van der Waals surface area contributed by atoms with Gasteiger partial charge in [-0.15, -0.1) is 0 Å². The van der Waals surface area contributed by atoms with Crippen LogP contribution in [0.2, 0.25) is 0 Å². The lowest BCUT2D eigenvalue weighted by Gasteiger charge is -2.12. The molecule has 21 heavy (non-hydrogen) atoms. The van der Waals surface area contributed by atoms with Gasteiger partial charge in [-0.05, 0) is 43.2 Å². The standard InChI is InChI=1S/C16H16FNO3/c1-9-4-5-11(8-14(9)17)21-12-6-10(2)15(18)13(7-12)16(19)20-3/h4-8H,18H2,1-3H3. The Morgan fingerprint density at radius 3 is 2.43 bits per heavy atom. The molecule has 0 spiro atoms. The highest BCUT2D eigenvalue weighted by Crippen LogP contribution is 2.29. The molecule has 0 fully saturated rings. The Morgan fingerprint density at radius 1 is 1.10 bits per heavy atom. The largest absolute Gasteiger partial charge is 0.465 e. The van der Waals surface area contributed by atoms with Gasteiger partial charge in [-0.1, -0.05) is 6.07 Å². The number of hydrogen-bond acceptors (Lipinski definition) is 4. The zero-order valence-corrected chi connectivity index (χ0v) is 12.1. The molecule has 0 aliphatic heterocycles. The summed E-state index contributed by atoms with van der Waals surface area (Å²) in [4.78, 5) is 11.7. The lowest BCUT2D eigenvalue weighted by atomic mass is 10.1. The van der Waals surface area contributed by atoms with E-state index in [2.05, 4.69) is 4.74 Å². The van der Waals surface area contributed by atoms with Crippen LogP contribution in [0.3, 0.4) is 0 Å². The highest BCUT2D eigenvalue weighted by molar-refractivity contribution is 5.96. The van der Waals surface area contributed by atoms with Crippen molar-refractivity contribution < 1.29 is 18.7 Å². The first-order valence-corrected chi connectivity index (χ1v) is 6.35. The number of esters is 1. The van der Waals surface area contributed by atoms with Crippen LogP contribution in [-0.4, -0.2) is 13.1 Å². The van der Waals surface area contributed by atoms with E-state index in [1.165, 1.54) is 19.2 Å². The smallest absolute Gasteiger partial charge is 0.340 e. The van der Waals surface area contributed by atoms with E-state index in [0.717, 1.165) is 0 Å². The van der Waals surface area contributed by atoms with Gasteiger partial charge in [0.1, 0.15) is 17.3 Å². The van der Waals surface area contributed by atoms with Crippen molar-refractivity contribution in [3.05, 3.63) is 52.8 Å². The minimum atomic E-state index is -0.545. The SMILES string of the molecule is COC(=O)c1cc(Oc2ccc(C)c(F)c2)cc(C)c1N. The van der Waals surface area contributed by atoms with E-state index in [1.54, 1.807) is 32.0 Å². The second-order valence-electron chi connectivity index (χ2n) is 4.71. The van der Waals surface area contributed by atoms with Crippen molar-refractivity contribution in [1.82, 2.24) is 0 Å². The molecule has 0 amide bonds. The first kappa shape index (κ1) is 14.8. The number of nitrogens with two attached hydrogens (primary N) is 1. The second kappa shape index (κ2) is 5.83. The molecule has 0 radical (unpaired) electrons. The minimum Gasteiger partial charge on any atom is -0.465 e. The van der Waals surface area contributed by atoms with Crippen molar-refractivity contribution in [3.8, 4) is 11.5 Å². The molecule has 0 heterocycles. The Kier molecular flexibility index (Phi) is 4.12. The summed E-state index contributed by atoms with van der Waals surface area (Å²) in [6.45, 7) is 3.42. The molecule has 2 rings (SSSR count). The number of carbonyl (C=O) groups is 1. The molecule has 0 atom stereocenters. The predicted octanol–water partition coefficient (Wildman–Crippen LogP) is 3.60. The summed E-state index contributed by atoms with van der Waals surface area (Å²) in [7, 11) is 1.28. The zero-order valence-electron chi connectivity index (χ0n) is 12.1. The predicted molar refractivity (Wildman–Crippen MR) is 78.1 cm³/mol. The average molecular weight is 289 g/mol. The summed E-state index contributed by atoms with van der Waals surface area (Å²) in [5, 5.41) is 0. The lowest BCUT2D eigenvalue weighted by molar-refractivity contribution is 0.0601.